The average Bonchev–Trinajstić information content (AvgIpc) is 2.53. The number of para-hydroxylation sites is 1. The molecule has 1 atom stereocenters. The van der Waals surface area contributed by atoms with Crippen molar-refractivity contribution in [3.8, 4) is 11.5 Å². The van der Waals surface area contributed by atoms with Crippen molar-refractivity contribution < 1.29 is 14.3 Å². The summed E-state index contributed by atoms with van der Waals surface area (Å²) in [5.74, 6) is 1.32. The van der Waals surface area contributed by atoms with Crippen LogP contribution in [0.15, 0.2) is 53.0 Å². The molecule has 0 radical (unpaired) electrons. The van der Waals surface area contributed by atoms with Crippen molar-refractivity contribution in [2.24, 2.45) is 0 Å². The molecule has 0 aliphatic carbocycles. The zero-order chi connectivity index (χ0) is 16.7. The summed E-state index contributed by atoms with van der Waals surface area (Å²) in [6.45, 7) is 4.28. The van der Waals surface area contributed by atoms with Crippen LogP contribution in [0.1, 0.15) is 12.5 Å². The van der Waals surface area contributed by atoms with Crippen molar-refractivity contribution in [2.75, 3.05) is 13.2 Å². The van der Waals surface area contributed by atoms with Crippen LogP contribution in [0.5, 0.6) is 11.5 Å². The van der Waals surface area contributed by atoms with Crippen LogP contribution in [0.25, 0.3) is 0 Å². The van der Waals surface area contributed by atoms with Gasteiger partial charge in [-0.1, -0.05) is 34.1 Å². The largest absolute Gasteiger partial charge is 0.491 e. The smallest absolute Gasteiger partial charge is 0.258 e. The summed E-state index contributed by atoms with van der Waals surface area (Å²) in [6, 6.07) is 15.0. The first-order valence-corrected chi connectivity index (χ1v) is 8.20. The van der Waals surface area contributed by atoms with E-state index in [4.69, 9.17) is 9.47 Å². The number of carbonyl (C=O) groups excluding carboxylic acids is 1. The lowest BCUT2D eigenvalue weighted by atomic mass is 10.2. The van der Waals surface area contributed by atoms with Gasteiger partial charge in [-0.05, 0) is 49.7 Å². The van der Waals surface area contributed by atoms with Gasteiger partial charge in [0.05, 0.1) is 6.04 Å². The second-order valence-electron chi connectivity index (χ2n) is 5.29. The molecule has 2 aromatic carbocycles. The Morgan fingerprint density at radius 2 is 1.83 bits per heavy atom. The predicted octanol–water partition coefficient (Wildman–Crippen LogP) is 3.72. The van der Waals surface area contributed by atoms with E-state index in [1.54, 1.807) is 0 Å². The summed E-state index contributed by atoms with van der Waals surface area (Å²) in [7, 11) is 0. The molecule has 0 aliphatic heterocycles. The monoisotopic (exact) mass is 377 g/mol. The summed E-state index contributed by atoms with van der Waals surface area (Å²) < 4.78 is 12.1. The Balaban J connectivity index is 1.72. The maximum Gasteiger partial charge on any atom is 0.258 e. The lowest BCUT2D eigenvalue weighted by Crippen LogP contribution is -2.39. The molecule has 23 heavy (non-hydrogen) atoms. The standard InChI is InChI=1S/C18H20BrNO3/c1-13-5-3-4-6-17(13)23-11-14(2)20-18(21)12-22-16-9-7-15(19)8-10-16/h3-10,14H,11-12H2,1-2H3,(H,20,21). The zero-order valence-electron chi connectivity index (χ0n) is 13.2. The first-order chi connectivity index (χ1) is 11.0. The van der Waals surface area contributed by atoms with Gasteiger partial charge in [0.25, 0.3) is 5.91 Å². The maximum absolute atomic E-state index is 11.9. The summed E-state index contributed by atoms with van der Waals surface area (Å²) in [6.07, 6.45) is 0. The number of ether oxygens (including phenoxy) is 2. The quantitative estimate of drug-likeness (QED) is 0.799. The van der Waals surface area contributed by atoms with E-state index in [2.05, 4.69) is 21.2 Å². The highest BCUT2D eigenvalue weighted by atomic mass is 79.9. The number of amides is 1. The molecule has 5 heteroatoms. The molecule has 2 aromatic rings. The first-order valence-electron chi connectivity index (χ1n) is 7.41. The molecule has 0 heterocycles. The third kappa shape index (κ3) is 5.94. The molecule has 0 aromatic heterocycles. The molecule has 4 nitrogen and oxygen atoms in total. The fourth-order valence-corrected chi connectivity index (χ4v) is 2.24. The van der Waals surface area contributed by atoms with Crippen molar-refractivity contribution >= 4 is 21.8 Å². The van der Waals surface area contributed by atoms with Crippen molar-refractivity contribution in [1.82, 2.24) is 5.32 Å². The third-order valence-corrected chi connectivity index (χ3v) is 3.70. The average molecular weight is 378 g/mol. The topological polar surface area (TPSA) is 47.6 Å². The van der Waals surface area contributed by atoms with Gasteiger partial charge in [0.1, 0.15) is 18.1 Å². The zero-order valence-corrected chi connectivity index (χ0v) is 14.8. The minimum Gasteiger partial charge on any atom is -0.491 e. The molecule has 0 aliphatic rings. The second-order valence-corrected chi connectivity index (χ2v) is 6.20. The third-order valence-electron chi connectivity index (χ3n) is 3.17. The molecule has 0 saturated carbocycles. The normalized spacial score (nSPS) is 11.6. The molecule has 1 amide bonds. The summed E-state index contributed by atoms with van der Waals surface area (Å²) in [5, 5.41) is 2.85. The van der Waals surface area contributed by atoms with E-state index < -0.39 is 0 Å². The number of rotatable bonds is 7. The van der Waals surface area contributed by atoms with Crippen LogP contribution < -0.4 is 14.8 Å². The Hall–Kier alpha value is -2.01. The van der Waals surface area contributed by atoms with Crippen LogP contribution in [0.4, 0.5) is 0 Å². The van der Waals surface area contributed by atoms with Gasteiger partial charge in [-0.25, -0.2) is 0 Å². The second kappa shape index (κ2) is 8.58. The van der Waals surface area contributed by atoms with Crippen LogP contribution in [-0.2, 0) is 4.79 Å². The Morgan fingerprint density at radius 1 is 1.13 bits per heavy atom. The van der Waals surface area contributed by atoms with E-state index in [1.807, 2.05) is 62.4 Å². The van der Waals surface area contributed by atoms with Crippen LogP contribution in [0.2, 0.25) is 0 Å². The number of aryl methyl sites for hydroxylation is 1. The van der Waals surface area contributed by atoms with E-state index in [-0.39, 0.29) is 18.6 Å². The van der Waals surface area contributed by atoms with Gasteiger partial charge in [-0.3, -0.25) is 4.79 Å². The molecule has 0 spiro atoms. The molecular formula is C18H20BrNO3. The summed E-state index contributed by atoms with van der Waals surface area (Å²) in [5.41, 5.74) is 1.07. The van der Waals surface area contributed by atoms with E-state index in [9.17, 15) is 4.79 Å². The van der Waals surface area contributed by atoms with Crippen LogP contribution in [0, 0.1) is 6.92 Å². The van der Waals surface area contributed by atoms with Crippen LogP contribution >= 0.6 is 15.9 Å². The lowest BCUT2D eigenvalue weighted by molar-refractivity contribution is -0.123. The van der Waals surface area contributed by atoms with Gasteiger partial charge >= 0.3 is 0 Å². The Kier molecular flexibility index (Phi) is 6.47. The number of hydrogen-bond acceptors (Lipinski definition) is 3. The molecule has 0 saturated heterocycles. The summed E-state index contributed by atoms with van der Waals surface area (Å²) in [4.78, 5) is 11.9. The predicted molar refractivity (Wildman–Crippen MR) is 93.9 cm³/mol. The lowest BCUT2D eigenvalue weighted by Gasteiger charge is -2.16. The molecule has 122 valence electrons. The highest BCUT2D eigenvalue weighted by Crippen LogP contribution is 2.17. The molecule has 0 bridgehead atoms. The highest BCUT2D eigenvalue weighted by Gasteiger charge is 2.09. The molecule has 1 N–H and O–H groups in total. The Labute approximate surface area is 144 Å². The van der Waals surface area contributed by atoms with Crippen LogP contribution in [0.3, 0.4) is 0 Å². The highest BCUT2D eigenvalue weighted by molar-refractivity contribution is 9.10. The van der Waals surface area contributed by atoms with Gasteiger partial charge in [-0.15, -0.1) is 0 Å². The van der Waals surface area contributed by atoms with E-state index in [0.29, 0.717) is 12.4 Å². The van der Waals surface area contributed by atoms with Crippen molar-refractivity contribution in [1.29, 1.82) is 0 Å². The molecule has 0 fully saturated rings. The number of carbonyl (C=O) groups is 1. The van der Waals surface area contributed by atoms with E-state index in [1.165, 1.54) is 0 Å². The van der Waals surface area contributed by atoms with Crippen molar-refractivity contribution in [2.45, 2.75) is 19.9 Å². The van der Waals surface area contributed by atoms with Gasteiger partial charge < -0.3 is 14.8 Å². The SMILES string of the molecule is Cc1ccccc1OCC(C)NC(=O)COc1ccc(Br)cc1. The number of benzene rings is 2. The van der Waals surface area contributed by atoms with Gasteiger partial charge in [-0.2, -0.15) is 0 Å². The van der Waals surface area contributed by atoms with E-state index >= 15 is 0 Å². The number of halogens is 1. The Morgan fingerprint density at radius 3 is 2.52 bits per heavy atom. The molecular weight excluding hydrogens is 358 g/mol. The number of nitrogens with one attached hydrogen (secondary N) is 1. The minimum absolute atomic E-state index is 0.0175. The van der Waals surface area contributed by atoms with Gasteiger partial charge in [0.15, 0.2) is 6.61 Å². The molecule has 2 rings (SSSR count). The van der Waals surface area contributed by atoms with Crippen LogP contribution in [-0.4, -0.2) is 25.2 Å². The van der Waals surface area contributed by atoms with Crippen molar-refractivity contribution in [3.63, 3.8) is 0 Å². The fourth-order valence-electron chi connectivity index (χ4n) is 1.97. The van der Waals surface area contributed by atoms with Gasteiger partial charge in [0.2, 0.25) is 0 Å². The Bertz CT molecular complexity index is 643. The minimum atomic E-state index is -0.172. The fraction of sp³-hybridized carbons (Fsp3) is 0.278. The first kappa shape index (κ1) is 17.3. The molecule has 1 unspecified atom stereocenters. The number of hydrogen-bond donors (Lipinski definition) is 1. The van der Waals surface area contributed by atoms with Gasteiger partial charge in [0, 0.05) is 4.47 Å². The van der Waals surface area contributed by atoms with Crippen molar-refractivity contribution in [3.05, 3.63) is 58.6 Å². The summed E-state index contributed by atoms with van der Waals surface area (Å²) >= 11 is 3.35. The van der Waals surface area contributed by atoms with E-state index in [0.717, 1.165) is 15.8 Å². The maximum atomic E-state index is 11.9.